The number of fused-ring (bicyclic) bond motifs is 1. The number of nitrogens with zero attached hydrogens (tertiary/aromatic N) is 1. The minimum absolute atomic E-state index is 0.247. The Bertz CT molecular complexity index is 1410. The molecule has 0 aliphatic heterocycles. The van der Waals surface area contributed by atoms with Crippen molar-refractivity contribution in [2.45, 2.75) is 6.54 Å². The van der Waals surface area contributed by atoms with Gasteiger partial charge in [-0.25, -0.2) is 4.98 Å². The molecule has 2 N–H and O–H groups in total. The SMILES string of the molecule is O=C(NC(=S)NCc1ccc(-c2nc3ccccc3o2)cc1)c1ccc(-c2ccccc2)cc1. The Morgan fingerprint density at radius 1 is 0.765 bits per heavy atom. The van der Waals surface area contributed by atoms with Gasteiger partial charge < -0.3 is 9.73 Å². The maximum atomic E-state index is 12.5. The predicted molar refractivity (Wildman–Crippen MR) is 138 cm³/mol. The van der Waals surface area contributed by atoms with Crippen LogP contribution in [-0.4, -0.2) is 16.0 Å². The molecule has 1 amide bonds. The van der Waals surface area contributed by atoms with Crippen LogP contribution in [0.25, 0.3) is 33.7 Å². The lowest BCUT2D eigenvalue weighted by Gasteiger charge is -2.10. The largest absolute Gasteiger partial charge is 0.436 e. The van der Waals surface area contributed by atoms with E-state index in [2.05, 4.69) is 15.6 Å². The average molecular weight is 464 g/mol. The van der Waals surface area contributed by atoms with E-state index in [-0.39, 0.29) is 11.0 Å². The summed E-state index contributed by atoms with van der Waals surface area (Å²) in [6.07, 6.45) is 0. The molecule has 5 rings (SSSR count). The predicted octanol–water partition coefficient (Wildman–Crippen LogP) is 5.97. The van der Waals surface area contributed by atoms with Gasteiger partial charge in [-0.2, -0.15) is 0 Å². The Hall–Kier alpha value is -4.29. The number of thiocarbonyl (C=S) groups is 1. The second-order valence-corrected chi connectivity index (χ2v) is 8.17. The van der Waals surface area contributed by atoms with Crippen molar-refractivity contribution in [1.82, 2.24) is 15.6 Å². The molecule has 166 valence electrons. The number of carbonyl (C=O) groups excluding carboxylic acids is 1. The first kappa shape index (κ1) is 21.6. The minimum atomic E-state index is -0.247. The number of benzene rings is 4. The van der Waals surface area contributed by atoms with E-state index < -0.39 is 0 Å². The fourth-order valence-corrected chi connectivity index (χ4v) is 3.77. The first-order chi connectivity index (χ1) is 16.7. The normalized spacial score (nSPS) is 10.7. The third-order valence-corrected chi connectivity index (χ3v) is 5.68. The Morgan fingerprint density at radius 2 is 1.41 bits per heavy atom. The van der Waals surface area contributed by atoms with Gasteiger partial charge in [-0.1, -0.05) is 66.7 Å². The van der Waals surface area contributed by atoms with Gasteiger partial charge in [-0.15, -0.1) is 0 Å². The molecule has 6 heteroatoms. The van der Waals surface area contributed by atoms with Crippen molar-refractivity contribution in [3.05, 3.63) is 114 Å². The van der Waals surface area contributed by atoms with Crippen LogP contribution in [0.15, 0.2) is 108 Å². The minimum Gasteiger partial charge on any atom is -0.436 e. The van der Waals surface area contributed by atoms with Crippen LogP contribution in [0.4, 0.5) is 0 Å². The van der Waals surface area contributed by atoms with Crippen LogP contribution in [0.3, 0.4) is 0 Å². The number of aromatic nitrogens is 1. The molecule has 0 saturated heterocycles. The van der Waals surface area contributed by atoms with Crippen LogP contribution in [0.2, 0.25) is 0 Å². The van der Waals surface area contributed by atoms with E-state index in [1.807, 2.05) is 91.0 Å². The van der Waals surface area contributed by atoms with Gasteiger partial charge in [0.15, 0.2) is 10.7 Å². The molecular formula is C28H21N3O2S. The summed E-state index contributed by atoms with van der Waals surface area (Å²) in [4.78, 5) is 17.1. The summed E-state index contributed by atoms with van der Waals surface area (Å²) in [5.74, 6) is 0.338. The van der Waals surface area contributed by atoms with Gasteiger partial charge in [0.2, 0.25) is 5.89 Å². The van der Waals surface area contributed by atoms with Crippen molar-refractivity contribution in [3.63, 3.8) is 0 Å². The fourth-order valence-electron chi connectivity index (χ4n) is 3.61. The molecule has 0 aliphatic carbocycles. The lowest BCUT2D eigenvalue weighted by molar-refractivity contribution is 0.0976. The summed E-state index contributed by atoms with van der Waals surface area (Å²) in [6.45, 7) is 0.486. The first-order valence-corrected chi connectivity index (χ1v) is 11.3. The van der Waals surface area contributed by atoms with E-state index in [9.17, 15) is 4.79 Å². The summed E-state index contributed by atoms with van der Waals surface area (Å²) in [6, 6.07) is 33.0. The van der Waals surface area contributed by atoms with Crippen molar-refractivity contribution in [2.75, 3.05) is 0 Å². The molecule has 34 heavy (non-hydrogen) atoms. The molecule has 0 spiro atoms. The number of rotatable bonds is 5. The van der Waals surface area contributed by atoms with Crippen molar-refractivity contribution in [2.24, 2.45) is 0 Å². The molecule has 0 fully saturated rings. The average Bonchev–Trinajstić information content (AvgIpc) is 3.33. The van der Waals surface area contributed by atoms with E-state index >= 15 is 0 Å². The highest BCUT2D eigenvalue weighted by Crippen LogP contribution is 2.24. The van der Waals surface area contributed by atoms with Gasteiger partial charge in [-0.3, -0.25) is 10.1 Å². The van der Waals surface area contributed by atoms with Crippen molar-refractivity contribution in [1.29, 1.82) is 0 Å². The van der Waals surface area contributed by atoms with Gasteiger partial charge in [0.05, 0.1) is 0 Å². The highest BCUT2D eigenvalue weighted by Gasteiger charge is 2.10. The van der Waals surface area contributed by atoms with Gasteiger partial charge in [0.25, 0.3) is 5.91 Å². The van der Waals surface area contributed by atoms with Gasteiger partial charge in [-0.05, 0) is 65.3 Å². The topological polar surface area (TPSA) is 67.2 Å². The molecule has 4 aromatic carbocycles. The summed E-state index contributed by atoms with van der Waals surface area (Å²) in [5, 5.41) is 6.09. The molecule has 0 unspecified atom stereocenters. The molecule has 0 bridgehead atoms. The summed E-state index contributed by atoms with van der Waals surface area (Å²) >= 11 is 5.30. The summed E-state index contributed by atoms with van der Waals surface area (Å²) < 4.78 is 5.82. The molecule has 1 heterocycles. The van der Waals surface area contributed by atoms with E-state index in [0.29, 0.717) is 18.0 Å². The smallest absolute Gasteiger partial charge is 0.257 e. The standard InChI is InChI=1S/C28H21N3O2S/c32-26(22-16-14-21(15-17-22)20-6-2-1-3-7-20)31-28(34)29-18-19-10-12-23(13-11-19)27-30-24-8-4-5-9-25(24)33-27/h1-17H,18H2,(H2,29,31,32,34). The molecule has 0 atom stereocenters. The van der Waals surface area contributed by atoms with Crippen LogP contribution in [0.1, 0.15) is 15.9 Å². The van der Waals surface area contributed by atoms with E-state index in [1.54, 1.807) is 12.1 Å². The maximum Gasteiger partial charge on any atom is 0.257 e. The third-order valence-electron chi connectivity index (χ3n) is 5.43. The van der Waals surface area contributed by atoms with Crippen molar-refractivity contribution >= 4 is 34.3 Å². The highest BCUT2D eigenvalue weighted by molar-refractivity contribution is 7.80. The lowest BCUT2D eigenvalue weighted by atomic mass is 10.0. The molecule has 0 radical (unpaired) electrons. The van der Waals surface area contributed by atoms with Crippen LogP contribution in [0.5, 0.6) is 0 Å². The van der Waals surface area contributed by atoms with Crippen molar-refractivity contribution in [3.8, 4) is 22.6 Å². The number of nitrogens with one attached hydrogen (secondary N) is 2. The van der Waals surface area contributed by atoms with Gasteiger partial charge >= 0.3 is 0 Å². The quantitative estimate of drug-likeness (QED) is 0.315. The maximum absolute atomic E-state index is 12.5. The molecule has 0 saturated carbocycles. The third kappa shape index (κ3) is 4.87. The Morgan fingerprint density at radius 3 is 2.15 bits per heavy atom. The van der Waals surface area contributed by atoms with Crippen LogP contribution < -0.4 is 10.6 Å². The van der Waals surface area contributed by atoms with E-state index in [4.69, 9.17) is 16.6 Å². The monoisotopic (exact) mass is 463 g/mol. The lowest BCUT2D eigenvalue weighted by Crippen LogP contribution is -2.38. The Kier molecular flexibility index (Phi) is 6.14. The zero-order valence-corrected chi connectivity index (χ0v) is 19.0. The zero-order chi connectivity index (χ0) is 23.3. The molecule has 1 aromatic heterocycles. The second kappa shape index (κ2) is 9.68. The van der Waals surface area contributed by atoms with Gasteiger partial charge in [0.1, 0.15) is 5.52 Å². The molecule has 5 nitrogen and oxygen atoms in total. The van der Waals surface area contributed by atoms with Gasteiger partial charge in [0, 0.05) is 17.7 Å². The molecular weight excluding hydrogens is 442 g/mol. The fraction of sp³-hybridized carbons (Fsp3) is 0.0357. The summed E-state index contributed by atoms with van der Waals surface area (Å²) in [7, 11) is 0. The van der Waals surface area contributed by atoms with Crippen LogP contribution in [-0.2, 0) is 6.54 Å². The Labute approximate surface area is 202 Å². The zero-order valence-electron chi connectivity index (χ0n) is 18.2. The van der Waals surface area contributed by atoms with Crippen LogP contribution >= 0.6 is 12.2 Å². The van der Waals surface area contributed by atoms with E-state index in [1.165, 1.54) is 0 Å². The second-order valence-electron chi connectivity index (χ2n) is 7.76. The summed E-state index contributed by atoms with van der Waals surface area (Å²) in [5.41, 5.74) is 6.22. The Balaban J connectivity index is 1.15. The number of carbonyl (C=O) groups is 1. The first-order valence-electron chi connectivity index (χ1n) is 10.9. The molecule has 0 aliphatic rings. The number of para-hydroxylation sites is 2. The van der Waals surface area contributed by atoms with E-state index in [0.717, 1.165) is 33.4 Å². The van der Waals surface area contributed by atoms with Crippen molar-refractivity contribution < 1.29 is 9.21 Å². The van der Waals surface area contributed by atoms with Crippen LogP contribution in [0, 0.1) is 0 Å². The number of oxazole rings is 1. The number of hydrogen-bond donors (Lipinski definition) is 2. The number of amides is 1. The number of hydrogen-bond acceptors (Lipinski definition) is 4. The molecule has 5 aromatic rings. The highest BCUT2D eigenvalue weighted by atomic mass is 32.1.